The van der Waals surface area contributed by atoms with Crippen LogP contribution in [0.2, 0.25) is 0 Å². The number of ether oxygens (including phenoxy) is 1. The molecular formula is C24H21Br2NO5. The number of rotatable bonds is 5. The highest BCUT2D eigenvalue weighted by atomic mass is 79.9. The van der Waals surface area contributed by atoms with Crippen LogP contribution >= 0.6 is 31.9 Å². The number of benzene rings is 2. The van der Waals surface area contributed by atoms with Crippen molar-refractivity contribution in [1.29, 1.82) is 0 Å². The van der Waals surface area contributed by atoms with Crippen LogP contribution in [0.25, 0.3) is 0 Å². The van der Waals surface area contributed by atoms with Gasteiger partial charge in [0.05, 0.1) is 23.1 Å². The molecule has 0 N–H and O–H groups in total. The summed E-state index contributed by atoms with van der Waals surface area (Å²) >= 11 is 7.15. The molecule has 1 aliphatic carbocycles. The molecule has 0 spiro atoms. The predicted molar refractivity (Wildman–Crippen MR) is 126 cm³/mol. The Bertz CT molecular complexity index is 1060. The Morgan fingerprint density at radius 1 is 0.938 bits per heavy atom. The fourth-order valence-corrected chi connectivity index (χ4v) is 5.44. The van der Waals surface area contributed by atoms with E-state index in [1.807, 2.05) is 19.1 Å². The van der Waals surface area contributed by atoms with E-state index in [0.717, 1.165) is 10.5 Å². The third-order valence-corrected chi connectivity index (χ3v) is 8.72. The maximum absolute atomic E-state index is 13.1. The van der Waals surface area contributed by atoms with E-state index in [0.29, 0.717) is 18.4 Å². The molecule has 2 fully saturated rings. The van der Waals surface area contributed by atoms with Crippen LogP contribution < -0.4 is 4.90 Å². The van der Waals surface area contributed by atoms with Gasteiger partial charge in [0.1, 0.15) is 0 Å². The van der Waals surface area contributed by atoms with Crippen molar-refractivity contribution >= 4 is 61.1 Å². The molecule has 2 aromatic carbocycles. The third kappa shape index (κ3) is 4.30. The molecule has 0 aromatic heterocycles. The Hall–Kier alpha value is -2.32. The number of ketones is 1. The van der Waals surface area contributed by atoms with Gasteiger partial charge in [0.25, 0.3) is 0 Å². The van der Waals surface area contributed by atoms with E-state index in [1.54, 1.807) is 30.3 Å². The molecule has 4 atom stereocenters. The zero-order valence-electron chi connectivity index (χ0n) is 17.3. The fourth-order valence-electron chi connectivity index (χ4n) is 4.21. The summed E-state index contributed by atoms with van der Waals surface area (Å²) in [6.07, 6.45) is 1.08. The smallest absolute Gasteiger partial charge is 0.340 e. The molecule has 166 valence electrons. The van der Waals surface area contributed by atoms with Gasteiger partial charge in [-0.15, -0.1) is 0 Å². The third-order valence-electron chi connectivity index (χ3n) is 5.98. The van der Waals surface area contributed by atoms with Crippen molar-refractivity contribution in [3.05, 3.63) is 65.2 Å². The Kier molecular flexibility index (Phi) is 6.62. The van der Waals surface area contributed by atoms with Crippen molar-refractivity contribution in [2.24, 2.45) is 11.8 Å². The summed E-state index contributed by atoms with van der Waals surface area (Å²) < 4.78 is 5.25. The number of amides is 2. The number of alkyl halides is 2. The minimum atomic E-state index is -0.756. The quantitative estimate of drug-likeness (QED) is 0.233. The standard InChI is InChI=1S/C24H21Br2NO5/c1-13-6-8-14(9-7-13)21(28)12-32-24(31)15-4-2-3-5-20(15)27-22(29)16-10-18(25)19(26)11-17(16)23(27)30/h2-9,16-19H,10-12H2,1H3/t16-,17+,18-,19-/m0/s1. The molecule has 32 heavy (non-hydrogen) atoms. The molecule has 1 heterocycles. The van der Waals surface area contributed by atoms with Crippen molar-refractivity contribution < 1.29 is 23.9 Å². The average molecular weight is 563 g/mol. The van der Waals surface area contributed by atoms with E-state index in [9.17, 15) is 19.2 Å². The molecule has 2 aliphatic rings. The summed E-state index contributed by atoms with van der Waals surface area (Å²) in [5.41, 5.74) is 1.74. The zero-order chi connectivity index (χ0) is 23.0. The van der Waals surface area contributed by atoms with Crippen LogP contribution in [0.3, 0.4) is 0 Å². The Balaban J connectivity index is 1.53. The number of para-hydroxylation sites is 1. The van der Waals surface area contributed by atoms with Gasteiger partial charge in [0.2, 0.25) is 11.8 Å². The maximum atomic E-state index is 13.1. The van der Waals surface area contributed by atoms with E-state index in [4.69, 9.17) is 4.74 Å². The van der Waals surface area contributed by atoms with Gasteiger partial charge in [-0.25, -0.2) is 9.69 Å². The van der Waals surface area contributed by atoms with E-state index in [1.165, 1.54) is 6.07 Å². The van der Waals surface area contributed by atoms with Crippen LogP contribution in [-0.4, -0.2) is 39.8 Å². The molecule has 0 bridgehead atoms. The normalized spacial score (nSPS) is 24.9. The van der Waals surface area contributed by atoms with E-state index >= 15 is 0 Å². The van der Waals surface area contributed by atoms with Crippen molar-refractivity contribution in [1.82, 2.24) is 0 Å². The Labute approximate surface area is 202 Å². The van der Waals surface area contributed by atoms with Gasteiger partial charge in [0, 0.05) is 15.2 Å². The van der Waals surface area contributed by atoms with Crippen LogP contribution in [0, 0.1) is 18.8 Å². The molecule has 0 radical (unpaired) electrons. The SMILES string of the molecule is Cc1ccc(C(=O)COC(=O)c2ccccc2N2C(=O)[C@H]3C[C@H](Br)[C@@H](Br)C[C@H]3C2=O)cc1. The lowest BCUT2D eigenvalue weighted by molar-refractivity contribution is -0.122. The average Bonchev–Trinajstić information content (AvgIpc) is 3.02. The lowest BCUT2D eigenvalue weighted by Crippen LogP contribution is -2.34. The topological polar surface area (TPSA) is 80.8 Å². The molecule has 1 aliphatic heterocycles. The van der Waals surface area contributed by atoms with Crippen molar-refractivity contribution in [2.75, 3.05) is 11.5 Å². The molecular weight excluding hydrogens is 542 g/mol. The number of hydrogen-bond donors (Lipinski definition) is 0. The van der Waals surface area contributed by atoms with Gasteiger partial charge < -0.3 is 4.74 Å². The van der Waals surface area contributed by atoms with Gasteiger partial charge in [-0.2, -0.15) is 0 Å². The van der Waals surface area contributed by atoms with Crippen LogP contribution in [-0.2, 0) is 14.3 Å². The number of Topliss-reactive ketones (excluding diaryl/α,β-unsaturated/α-hetero) is 1. The molecule has 1 saturated carbocycles. The van der Waals surface area contributed by atoms with Crippen molar-refractivity contribution in [2.45, 2.75) is 29.4 Å². The summed E-state index contributed by atoms with van der Waals surface area (Å²) in [5.74, 6) is -2.55. The lowest BCUT2D eigenvalue weighted by atomic mass is 9.81. The number of imide groups is 1. The Morgan fingerprint density at radius 3 is 2.09 bits per heavy atom. The van der Waals surface area contributed by atoms with Gasteiger partial charge in [0.15, 0.2) is 12.4 Å². The summed E-state index contributed by atoms with van der Waals surface area (Å²) in [5, 5.41) is 0. The molecule has 1 saturated heterocycles. The first-order chi connectivity index (χ1) is 15.3. The second-order valence-electron chi connectivity index (χ2n) is 8.11. The number of halogens is 2. The molecule has 0 unspecified atom stereocenters. The summed E-state index contributed by atoms with van der Waals surface area (Å²) in [4.78, 5) is 52.7. The van der Waals surface area contributed by atoms with E-state index in [-0.39, 0.29) is 38.5 Å². The largest absolute Gasteiger partial charge is 0.454 e. The zero-order valence-corrected chi connectivity index (χ0v) is 20.5. The van der Waals surface area contributed by atoms with E-state index < -0.39 is 24.4 Å². The highest BCUT2D eigenvalue weighted by molar-refractivity contribution is 9.12. The van der Waals surface area contributed by atoms with E-state index in [2.05, 4.69) is 31.9 Å². The number of aryl methyl sites for hydroxylation is 1. The second kappa shape index (κ2) is 9.27. The fraction of sp³-hybridized carbons (Fsp3) is 0.333. The lowest BCUT2D eigenvalue weighted by Gasteiger charge is -2.29. The second-order valence-corrected chi connectivity index (χ2v) is 10.5. The highest BCUT2D eigenvalue weighted by Crippen LogP contribution is 2.44. The first kappa shape index (κ1) is 22.9. The van der Waals surface area contributed by atoms with Gasteiger partial charge in [-0.3, -0.25) is 14.4 Å². The van der Waals surface area contributed by atoms with Gasteiger partial charge in [-0.05, 0) is 31.9 Å². The number of carbonyl (C=O) groups excluding carboxylic acids is 4. The minimum Gasteiger partial charge on any atom is -0.454 e. The number of nitrogens with zero attached hydrogens (tertiary/aromatic N) is 1. The van der Waals surface area contributed by atoms with Gasteiger partial charge >= 0.3 is 5.97 Å². The number of carbonyl (C=O) groups is 4. The summed E-state index contributed by atoms with van der Waals surface area (Å²) in [7, 11) is 0. The monoisotopic (exact) mass is 561 g/mol. The van der Waals surface area contributed by atoms with Crippen LogP contribution in [0.4, 0.5) is 5.69 Å². The molecule has 2 amide bonds. The van der Waals surface area contributed by atoms with Crippen molar-refractivity contribution in [3.63, 3.8) is 0 Å². The summed E-state index contributed by atoms with van der Waals surface area (Å²) in [6, 6.07) is 13.3. The molecule has 8 heteroatoms. The Morgan fingerprint density at radius 2 is 1.50 bits per heavy atom. The number of anilines is 1. The first-order valence-electron chi connectivity index (χ1n) is 10.3. The number of esters is 1. The minimum absolute atomic E-state index is 0.0790. The van der Waals surface area contributed by atoms with Gasteiger partial charge in [-0.1, -0.05) is 73.8 Å². The maximum Gasteiger partial charge on any atom is 0.340 e. The number of fused-ring (bicyclic) bond motifs is 1. The molecule has 2 aromatic rings. The molecule has 6 nitrogen and oxygen atoms in total. The first-order valence-corrected chi connectivity index (χ1v) is 12.1. The number of hydrogen-bond acceptors (Lipinski definition) is 5. The van der Waals surface area contributed by atoms with Crippen LogP contribution in [0.5, 0.6) is 0 Å². The van der Waals surface area contributed by atoms with Crippen LogP contribution in [0.1, 0.15) is 39.1 Å². The van der Waals surface area contributed by atoms with Crippen LogP contribution in [0.15, 0.2) is 48.5 Å². The van der Waals surface area contributed by atoms with Crippen molar-refractivity contribution in [3.8, 4) is 0 Å². The highest BCUT2D eigenvalue weighted by Gasteiger charge is 2.52. The predicted octanol–water partition coefficient (Wildman–Crippen LogP) is 4.46. The molecule has 4 rings (SSSR count). The summed E-state index contributed by atoms with van der Waals surface area (Å²) in [6.45, 7) is 1.48.